The monoisotopic (exact) mass is 721 g/mol. The van der Waals surface area contributed by atoms with E-state index < -0.39 is 16.1 Å². The molecule has 0 radical (unpaired) electrons. The molecule has 4 heterocycles. The molecule has 1 unspecified atom stereocenters. The summed E-state index contributed by atoms with van der Waals surface area (Å²) < 4.78 is 30.7. The number of nitrogens with one attached hydrogen (secondary N) is 1. The van der Waals surface area contributed by atoms with Gasteiger partial charge in [-0.2, -0.15) is 12.7 Å². The van der Waals surface area contributed by atoms with Crippen LogP contribution in [0.2, 0.25) is 0 Å². The van der Waals surface area contributed by atoms with Crippen molar-refractivity contribution in [3.8, 4) is 11.3 Å². The van der Waals surface area contributed by atoms with E-state index in [-0.39, 0.29) is 17.4 Å². The first kappa shape index (κ1) is 35.1. The van der Waals surface area contributed by atoms with Crippen molar-refractivity contribution in [1.29, 1.82) is 0 Å². The molecule has 8 rings (SSSR count). The molecule has 3 aliphatic heterocycles. The van der Waals surface area contributed by atoms with Crippen molar-refractivity contribution in [2.45, 2.75) is 82.2 Å². The van der Waals surface area contributed by atoms with Crippen LogP contribution in [-0.4, -0.2) is 85.2 Å². The molecule has 1 aliphatic carbocycles. The summed E-state index contributed by atoms with van der Waals surface area (Å²) in [5, 5.41) is 1.09. The summed E-state index contributed by atoms with van der Waals surface area (Å²) >= 11 is 0. The van der Waals surface area contributed by atoms with Crippen molar-refractivity contribution in [2.75, 3.05) is 40.3 Å². The second kappa shape index (κ2) is 14.4. The first-order valence-electron chi connectivity index (χ1n) is 19.2. The Morgan fingerprint density at radius 2 is 1.52 bits per heavy atom. The number of rotatable bonds is 7. The maximum absolute atomic E-state index is 14.6. The highest BCUT2D eigenvalue weighted by Gasteiger charge is 2.37. The molecule has 0 spiro atoms. The van der Waals surface area contributed by atoms with Crippen molar-refractivity contribution in [2.24, 2.45) is 5.92 Å². The molecule has 2 atom stereocenters. The lowest BCUT2D eigenvalue weighted by atomic mass is 9.81. The van der Waals surface area contributed by atoms with Crippen LogP contribution in [0.4, 0.5) is 0 Å². The first-order chi connectivity index (χ1) is 25.2. The van der Waals surface area contributed by atoms with Gasteiger partial charge in [-0.25, -0.2) is 4.72 Å². The van der Waals surface area contributed by atoms with Crippen LogP contribution < -0.4 is 4.72 Å². The number of nitrogens with zero attached hydrogens (tertiary/aromatic N) is 4. The second-order valence-corrected chi connectivity index (χ2v) is 17.5. The molecule has 52 heavy (non-hydrogen) atoms. The maximum Gasteiger partial charge on any atom is 0.303 e. The number of hydrogen-bond acceptors (Lipinski definition) is 5. The minimum atomic E-state index is -3.96. The molecule has 9 nitrogen and oxygen atoms in total. The van der Waals surface area contributed by atoms with Crippen molar-refractivity contribution >= 4 is 32.9 Å². The Morgan fingerprint density at radius 1 is 0.788 bits per heavy atom. The van der Waals surface area contributed by atoms with E-state index in [1.54, 1.807) is 6.07 Å². The number of hydrogen-bond donors (Lipinski definition) is 1. The fourth-order valence-electron chi connectivity index (χ4n) is 9.54. The molecular formula is C42H51N5O4S. The summed E-state index contributed by atoms with van der Waals surface area (Å²) in [4.78, 5) is 32.7. The molecule has 2 saturated heterocycles. The minimum Gasteiger partial charge on any atom is -0.342 e. The lowest BCUT2D eigenvalue weighted by Gasteiger charge is -2.38. The Hall–Kier alpha value is -3.99. The summed E-state index contributed by atoms with van der Waals surface area (Å²) in [5.74, 6) is 0.252. The molecule has 4 aliphatic rings. The highest BCUT2D eigenvalue weighted by atomic mass is 32.2. The summed E-state index contributed by atoms with van der Waals surface area (Å²) in [5.41, 5.74) is 7.43. The van der Waals surface area contributed by atoms with E-state index in [0.29, 0.717) is 30.8 Å². The largest absolute Gasteiger partial charge is 0.342 e. The van der Waals surface area contributed by atoms with Gasteiger partial charge >= 0.3 is 10.2 Å². The van der Waals surface area contributed by atoms with Gasteiger partial charge in [0.2, 0.25) is 5.91 Å². The van der Waals surface area contributed by atoms with Crippen LogP contribution in [-0.2, 0) is 28.0 Å². The van der Waals surface area contributed by atoms with Crippen LogP contribution in [0.3, 0.4) is 0 Å². The Kier molecular flexibility index (Phi) is 9.74. The van der Waals surface area contributed by atoms with Gasteiger partial charge in [0, 0.05) is 68.3 Å². The van der Waals surface area contributed by atoms with Gasteiger partial charge in [0.25, 0.3) is 5.91 Å². The number of benzene rings is 3. The van der Waals surface area contributed by atoms with Crippen LogP contribution >= 0.6 is 0 Å². The quantitative estimate of drug-likeness (QED) is 0.234. The lowest BCUT2D eigenvalue weighted by molar-refractivity contribution is -0.137. The summed E-state index contributed by atoms with van der Waals surface area (Å²) in [6.45, 7) is 4.26. The third-order valence-electron chi connectivity index (χ3n) is 12.4. The van der Waals surface area contributed by atoms with Gasteiger partial charge in [-0.1, -0.05) is 79.9 Å². The topological polar surface area (TPSA) is 95.0 Å². The van der Waals surface area contributed by atoms with E-state index in [1.165, 1.54) is 56.5 Å². The van der Waals surface area contributed by atoms with Gasteiger partial charge in [-0.15, -0.1) is 0 Å². The van der Waals surface area contributed by atoms with Crippen molar-refractivity contribution in [3.63, 3.8) is 0 Å². The van der Waals surface area contributed by atoms with Crippen LogP contribution in [0.1, 0.15) is 90.3 Å². The number of likely N-dealkylation sites (tertiary alicyclic amines) is 2. The summed E-state index contributed by atoms with van der Waals surface area (Å²) in [7, 11) is -1.17. The van der Waals surface area contributed by atoms with Crippen LogP contribution in [0, 0.1) is 5.92 Å². The smallest absolute Gasteiger partial charge is 0.303 e. The SMILES string of the molecule is CN(C)S(=O)(=O)NC(=O)c1ccc2c(C3CCCCC3)c3n(c2c1)C[C@@H](C(=O)N1CCC(N2CCC(c4ccccc4)C2)CC1)Cc1ccccc1-3. The molecular weight excluding hydrogens is 671 g/mol. The molecule has 1 aromatic heterocycles. The Morgan fingerprint density at radius 3 is 2.27 bits per heavy atom. The minimum absolute atomic E-state index is 0.205. The maximum atomic E-state index is 14.6. The molecule has 1 saturated carbocycles. The van der Waals surface area contributed by atoms with Gasteiger partial charge in [0.15, 0.2) is 0 Å². The van der Waals surface area contributed by atoms with Crippen LogP contribution in [0.5, 0.6) is 0 Å². The van der Waals surface area contributed by atoms with Gasteiger partial charge in [0.05, 0.1) is 11.6 Å². The highest BCUT2D eigenvalue weighted by molar-refractivity contribution is 7.87. The number of fused-ring (bicyclic) bond motifs is 5. The third kappa shape index (κ3) is 6.69. The molecule has 3 aromatic carbocycles. The Labute approximate surface area is 308 Å². The van der Waals surface area contributed by atoms with Gasteiger partial charge in [-0.05, 0) is 85.7 Å². The number of carbonyl (C=O) groups is 2. The molecule has 2 amide bonds. The first-order valence-corrected chi connectivity index (χ1v) is 20.7. The lowest BCUT2D eigenvalue weighted by Crippen LogP contribution is -2.48. The fraction of sp³-hybridized carbons (Fsp3) is 0.476. The van der Waals surface area contributed by atoms with Gasteiger partial charge in [-0.3, -0.25) is 14.5 Å². The predicted octanol–water partition coefficient (Wildman–Crippen LogP) is 6.55. The van der Waals surface area contributed by atoms with E-state index in [2.05, 4.69) is 73.7 Å². The van der Waals surface area contributed by atoms with Gasteiger partial charge < -0.3 is 9.47 Å². The normalized spacial score (nSPS) is 21.9. The summed E-state index contributed by atoms with van der Waals surface area (Å²) in [6.07, 6.45) is 9.67. The Balaban J connectivity index is 1.09. The molecule has 4 aromatic rings. The second-order valence-electron chi connectivity index (χ2n) is 15.7. The van der Waals surface area contributed by atoms with Crippen LogP contribution in [0.15, 0.2) is 72.8 Å². The van der Waals surface area contributed by atoms with E-state index in [9.17, 15) is 18.0 Å². The van der Waals surface area contributed by atoms with Crippen molar-refractivity contribution < 1.29 is 18.0 Å². The van der Waals surface area contributed by atoms with Crippen molar-refractivity contribution in [1.82, 2.24) is 23.4 Å². The van der Waals surface area contributed by atoms with Crippen LogP contribution in [0.25, 0.3) is 22.2 Å². The standard InChI is InChI=1S/C42H51N5O4S/c1-44(2)52(50,51)43-41(48)32-17-18-37-38(26-32)47-28-34(25-31-15-9-10-16-36(31)40(47)39(37)30-13-7-4-8-14-30)42(49)45-23-20-35(21-24-45)46-22-19-33(27-46)29-11-5-3-6-12-29/h3,5-6,9-12,15-18,26,30,33-35H,4,7-8,13-14,19-25,27-28H2,1-2H3,(H,43,48)/t33?,34-/m0/s1. The molecule has 1 N–H and O–H groups in total. The average Bonchev–Trinajstić information content (AvgIpc) is 3.74. The molecule has 274 valence electrons. The van der Waals surface area contributed by atoms with E-state index in [0.717, 1.165) is 78.3 Å². The Bertz CT molecular complexity index is 2060. The average molecular weight is 722 g/mol. The zero-order chi connectivity index (χ0) is 36.0. The fourth-order valence-corrected chi connectivity index (χ4v) is 10.1. The number of amides is 2. The van der Waals surface area contributed by atoms with E-state index in [4.69, 9.17) is 0 Å². The number of carbonyl (C=O) groups excluding carboxylic acids is 2. The molecule has 10 heteroatoms. The predicted molar refractivity (Wildman–Crippen MR) is 205 cm³/mol. The highest BCUT2D eigenvalue weighted by Crippen LogP contribution is 2.47. The number of aromatic nitrogens is 1. The zero-order valence-corrected chi connectivity index (χ0v) is 31.3. The molecule has 0 bridgehead atoms. The van der Waals surface area contributed by atoms with Gasteiger partial charge in [0.1, 0.15) is 0 Å². The summed E-state index contributed by atoms with van der Waals surface area (Å²) in [6, 6.07) is 25.5. The zero-order valence-electron chi connectivity index (χ0n) is 30.5. The molecule has 3 fully saturated rings. The van der Waals surface area contributed by atoms with E-state index >= 15 is 0 Å². The van der Waals surface area contributed by atoms with E-state index in [1.807, 2.05) is 12.1 Å². The third-order valence-corrected chi connectivity index (χ3v) is 13.8. The van der Waals surface area contributed by atoms with Crippen molar-refractivity contribution in [3.05, 3.63) is 95.1 Å². The number of piperidine rings is 1.